The van der Waals surface area contributed by atoms with Crippen LogP contribution >= 0.6 is 0 Å². The first kappa shape index (κ1) is 11.4. The van der Waals surface area contributed by atoms with Crippen molar-refractivity contribution < 1.29 is 14.7 Å². The Morgan fingerprint density at radius 3 is 2.76 bits per heavy atom. The Hall–Kier alpha value is -2.04. The predicted molar refractivity (Wildman–Crippen MR) is 61.8 cm³/mol. The van der Waals surface area contributed by atoms with E-state index >= 15 is 0 Å². The highest BCUT2D eigenvalue weighted by Crippen LogP contribution is 2.19. The summed E-state index contributed by atoms with van der Waals surface area (Å²) in [7, 11) is 0. The maximum Gasteiger partial charge on any atom is 0.404 e. The molecule has 5 heteroatoms. The first-order valence-corrected chi connectivity index (χ1v) is 5.52. The van der Waals surface area contributed by atoms with Gasteiger partial charge in [0.15, 0.2) is 0 Å². The van der Waals surface area contributed by atoms with Crippen molar-refractivity contribution in [2.75, 3.05) is 0 Å². The average molecular weight is 234 g/mol. The van der Waals surface area contributed by atoms with E-state index in [-0.39, 0.29) is 12.5 Å². The minimum absolute atomic E-state index is 0.0929. The van der Waals surface area contributed by atoms with Crippen LogP contribution in [0.25, 0.3) is 0 Å². The van der Waals surface area contributed by atoms with Gasteiger partial charge < -0.3 is 15.7 Å². The van der Waals surface area contributed by atoms with Crippen molar-refractivity contribution in [1.29, 1.82) is 0 Å². The molecule has 0 heterocycles. The fourth-order valence-corrected chi connectivity index (χ4v) is 1.50. The minimum atomic E-state index is -1.07. The fourth-order valence-electron chi connectivity index (χ4n) is 1.50. The lowest BCUT2D eigenvalue weighted by Gasteiger charge is -2.06. The standard InChI is InChI=1S/C12H14N2O3/c15-11(14-10-4-5-10)9-3-1-2-8(6-9)7-13-12(16)17/h1-3,6,10,13H,4-5,7H2,(H,14,15)(H,16,17). The van der Waals surface area contributed by atoms with Gasteiger partial charge in [0, 0.05) is 18.2 Å². The third-order valence-electron chi connectivity index (χ3n) is 2.55. The molecular formula is C12H14N2O3. The largest absolute Gasteiger partial charge is 0.465 e. The van der Waals surface area contributed by atoms with Gasteiger partial charge in [0.05, 0.1) is 0 Å². The maximum atomic E-state index is 11.7. The molecule has 5 nitrogen and oxygen atoms in total. The Labute approximate surface area is 98.8 Å². The molecule has 0 atom stereocenters. The lowest BCUT2D eigenvalue weighted by atomic mass is 10.1. The first-order valence-electron chi connectivity index (χ1n) is 5.52. The van der Waals surface area contributed by atoms with Gasteiger partial charge in [0.1, 0.15) is 0 Å². The number of nitrogens with one attached hydrogen (secondary N) is 2. The molecule has 90 valence electrons. The van der Waals surface area contributed by atoms with Crippen molar-refractivity contribution in [1.82, 2.24) is 10.6 Å². The summed E-state index contributed by atoms with van der Waals surface area (Å²) in [6.45, 7) is 0.208. The van der Waals surface area contributed by atoms with Gasteiger partial charge in [0.2, 0.25) is 0 Å². The molecule has 1 saturated carbocycles. The second-order valence-electron chi connectivity index (χ2n) is 4.11. The molecule has 0 unspecified atom stereocenters. The van der Waals surface area contributed by atoms with Crippen molar-refractivity contribution in [3.05, 3.63) is 35.4 Å². The van der Waals surface area contributed by atoms with Crippen LogP contribution in [0.4, 0.5) is 4.79 Å². The van der Waals surface area contributed by atoms with Crippen LogP contribution in [0.1, 0.15) is 28.8 Å². The molecule has 2 amide bonds. The van der Waals surface area contributed by atoms with Crippen molar-refractivity contribution in [3.63, 3.8) is 0 Å². The molecular weight excluding hydrogens is 220 g/mol. The Morgan fingerprint density at radius 2 is 2.12 bits per heavy atom. The Bertz CT molecular complexity index is 441. The first-order chi connectivity index (χ1) is 8.15. The van der Waals surface area contributed by atoms with Crippen LogP contribution < -0.4 is 10.6 Å². The molecule has 0 bridgehead atoms. The molecule has 1 aromatic carbocycles. The molecule has 0 radical (unpaired) electrons. The molecule has 0 aliphatic heterocycles. The highest BCUT2D eigenvalue weighted by Gasteiger charge is 2.23. The van der Waals surface area contributed by atoms with E-state index < -0.39 is 6.09 Å². The van der Waals surface area contributed by atoms with Crippen LogP contribution in [0, 0.1) is 0 Å². The van der Waals surface area contributed by atoms with Crippen molar-refractivity contribution in [3.8, 4) is 0 Å². The predicted octanol–water partition coefficient (Wildman–Crippen LogP) is 1.35. The molecule has 1 fully saturated rings. The van der Waals surface area contributed by atoms with Gasteiger partial charge in [-0.05, 0) is 30.5 Å². The van der Waals surface area contributed by atoms with E-state index in [4.69, 9.17) is 5.11 Å². The van der Waals surface area contributed by atoms with Gasteiger partial charge >= 0.3 is 6.09 Å². The fraction of sp³-hybridized carbons (Fsp3) is 0.333. The van der Waals surface area contributed by atoms with Gasteiger partial charge in [-0.2, -0.15) is 0 Å². The normalized spacial score (nSPS) is 14.1. The third-order valence-corrected chi connectivity index (χ3v) is 2.55. The SMILES string of the molecule is O=C(O)NCc1cccc(C(=O)NC2CC2)c1. The number of amides is 2. The van der Waals surface area contributed by atoms with E-state index in [0.717, 1.165) is 18.4 Å². The summed E-state index contributed by atoms with van der Waals surface area (Å²) < 4.78 is 0. The number of carboxylic acid groups (broad SMARTS) is 1. The Morgan fingerprint density at radius 1 is 1.35 bits per heavy atom. The quantitative estimate of drug-likeness (QED) is 0.735. The molecule has 1 aliphatic rings. The van der Waals surface area contributed by atoms with Gasteiger partial charge in [-0.1, -0.05) is 12.1 Å². The molecule has 1 aliphatic carbocycles. The second kappa shape index (κ2) is 4.86. The number of carbonyl (C=O) groups is 2. The lowest BCUT2D eigenvalue weighted by molar-refractivity contribution is 0.0951. The van der Waals surface area contributed by atoms with Crippen LogP contribution in [-0.2, 0) is 6.54 Å². The molecule has 0 aromatic heterocycles. The zero-order chi connectivity index (χ0) is 12.3. The van der Waals surface area contributed by atoms with Gasteiger partial charge in [-0.25, -0.2) is 4.79 Å². The summed E-state index contributed by atoms with van der Waals surface area (Å²) in [6, 6.07) is 7.28. The number of hydrogen-bond donors (Lipinski definition) is 3. The average Bonchev–Trinajstić information content (AvgIpc) is 3.10. The van der Waals surface area contributed by atoms with Gasteiger partial charge in [0.25, 0.3) is 5.91 Å². The Kier molecular flexibility index (Phi) is 3.27. The Balaban J connectivity index is 1.99. The monoisotopic (exact) mass is 234 g/mol. The van der Waals surface area contributed by atoms with Crippen LogP contribution in [0.5, 0.6) is 0 Å². The summed E-state index contributed by atoms with van der Waals surface area (Å²) in [5, 5.41) is 13.6. The van der Waals surface area contributed by atoms with E-state index in [1.165, 1.54) is 0 Å². The molecule has 17 heavy (non-hydrogen) atoms. The summed E-state index contributed by atoms with van der Waals surface area (Å²) in [4.78, 5) is 22.1. The van der Waals surface area contributed by atoms with Crippen molar-refractivity contribution in [2.24, 2.45) is 0 Å². The maximum absolute atomic E-state index is 11.7. The number of rotatable bonds is 4. The van der Waals surface area contributed by atoms with Crippen molar-refractivity contribution >= 4 is 12.0 Å². The highest BCUT2D eigenvalue weighted by molar-refractivity contribution is 5.94. The van der Waals surface area contributed by atoms with E-state index in [2.05, 4.69) is 10.6 Å². The number of carbonyl (C=O) groups excluding carboxylic acids is 1. The number of hydrogen-bond acceptors (Lipinski definition) is 2. The molecule has 3 N–H and O–H groups in total. The molecule has 0 saturated heterocycles. The smallest absolute Gasteiger partial charge is 0.404 e. The van der Waals surface area contributed by atoms with E-state index in [1.807, 2.05) is 0 Å². The molecule has 1 aromatic rings. The lowest BCUT2D eigenvalue weighted by Crippen LogP contribution is -2.25. The number of benzene rings is 1. The van der Waals surface area contributed by atoms with Gasteiger partial charge in [-0.3, -0.25) is 4.79 Å². The van der Waals surface area contributed by atoms with Crippen LogP contribution in [0.15, 0.2) is 24.3 Å². The summed E-state index contributed by atoms with van der Waals surface area (Å²) in [6.07, 6.45) is 1.02. The molecule has 0 spiro atoms. The minimum Gasteiger partial charge on any atom is -0.465 e. The van der Waals surface area contributed by atoms with Gasteiger partial charge in [-0.15, -0.1) is 0 Å². The van der Waals surface area contributed by atoms with Crippen LogP contribution in [0.3, 0.4) is 0 Å². The zero-order valence-electron chi connectivity index (χ0n) is 9.27. The summed E-state index contributed by atoms with van der Waals surface area (Å²) >= 11 is 0. The summed E-state index contributed by atoms with van der Waals surface area (Å²) in [5.41, 5.74) is 1.34. The summed E-state index contributed by atoms with van der Waals surface area (Å²) in [5.74, 6) is -0.0929. The molecule has 2 rings (SSSR count). The van der Waals surface area contributed by atoms with E-state index in [0.29, 0.717) is 11.6 Å². The topological polar surface area (TPSA) is 78.4 Å². The van der Waals surface area contributed by atoms with E-state index in [9.17, 15) is 9.59 Å². The van der Waals surface area contributed by atoms with Crippen LogP contribution in [-0.4, -0.2) is 23.1 Å². The highest BCUT2D eigenvalue weighted by atomic mass is 16.4. The zero-order valence-corrected chi connectivity index (χ0v) is 9.27. The van der Waals surface area contributed by atoms with Crippen LogP contribution in [0.2, 0.25) is 0 Å². The second-order valence-corrected chi connectivity index (χ2v) is 4.11. The van der Waals surface area contributed by atoms with E-state index in [1.54, 1.807) is 24.3 Å². The third kappa shape index (κ3) is 3.48. The van der Waals surface area contributed by atoms with Crippen molar-refractivity contribution in [2.45, 2.75) is 25.4 Å².